The number of amides is 1. The van der Waals surface area contributed by atoms with Gasteiger partial charge in [0.1, 0.15) is 0 Å². The fourth-order valence-electron chi connectivity index (χ4n) is 2.99. The van der Waals surface area contributed by atoms with Crippen LogP contribution in [0.25, 0.3) is 0 Å². The van der Waals surface area contributed by atoms with Crippen LogP contribution in [-0.4, -0.2) is 30.6 Å². The molecule has 1 heterocycles. The van der Waals surface area contributed by atoms with Gasteiger partial charge >= 0.3 is 0 Å². The minimum absolute atomic E-state index is 0. The van der Waals surface area contributed by atoms with Gasteiger partial charge < -0.3 is 20.5 Å². The van der Waals surface area contributed by atoms with E-state index >= 15 is 0 Å². The molecule has 0 radical (unpaired) electrons. The average Bonchev–Trinajstić information content (AvgIpc) is 3.15. The normalized spacial score (nSPS) is 11.1. The lowest BCUT2D eigenvalue weighted by Crippen LogP contribution is -2.37. The van der Waals surface area contributed by atoms with Crippen LogP contribution in [0.4, 0.5) is 5.69 Å². The van der Waals surface area contributed by atoms with Crippen molar-refractivity contribution in [2.45, 2.75) is 52.5 Å². The zero-order valence-corrected chi connectivity index (χ0v) is 19.9. The van der Waals surface area contributed by atoms with Gasteiger partial charge in [0.15, 0.2) is 11.7 Å². The van der Waals surface area contributed by atoms with Crippen molar-refractivity contribution in [1.82, 2.24) is 15.8 Å². The molecule has 160 valence electrons. The predicted molar refractivity (Wildman–Crippen MR) is 128 cm³/mol. The molecule has 0 saturated carbocycles. The van der Waals surface area contributed by atoms with Crippen LogP contribution in [0.5, 0.6) is 0 Å². The number of aliphatic imine (C=N–C) groups is 1. The number of benzene rings is 1. The molecule has 2 aromatic rings. The standard InChI is InChI=1S/C21H31N5O2.HI/c1-5-17(6-2)20-13-19(28-26-20)14-24-21(22-4)23-12-11-16-7-9-18(10-8-16)25-15(3)27;/h7-10,13,17H,5-6,11-12,14H2,1-4H3,(H,25,27)(H2,22,23,24);1H. The summed E-state index contributed by atoms with van der Waals surface area (Å²) in [5.41, 5.74) is 3.01. The topological polar surface area (TPSA) is 91.6 Å². The predicted octanol–water partition coefficient (Wildman–Crippen LogP) is 4.06. The highest BCUT2D eigenvalue weighted by atomic mass is 127. The van der Waals surface area contributed by atoms with Crippen LogP contribution in [0.15, 0.2) is 39.8 Å². The van der Waals surface area contributed by atoms with E-state index in [0.29, 0.717) is 12.5 Å². The first-order valence-corrected chi connectivity index (χ1v) is 9.82. The highest BCUT2D eigenvalue weighted by Gasteiger charge is 2.13. The number of guanidine groups is 1. The minimum Gasteiger partial charge on any atom is -0.359 e. The van der Waals surface area contributed by atoms with Crippen LogP contribution in [0, 0.1) is 0 Å². The van der Waals surface area contributed by atoms with E-state index < -0.39 is 0 Å². The second kappa shape index (κ2) is 13.2. The Morgan fingerprint density at radius 3 is 2.45 bits per heavy atom. The Balaban J connectivity index is 0.00000420. The van der Waals surface area contributed by atoms with Crippen LogP contribution in [0.2, 0.25) is 0 Å². The van der Waals surface area contributed by atoms with Gasteiger partial charge in [-0.2, -0.15) is 0 Å². The number of hydrogen-bond donors (Lipinski definition) is 3. The SMILES string of the molecule is CCC(CC)c1cc(CNC(=NC)NCCc2ccc(NC(C)=O)cc2)on1.I. The lowest BCUT2D eigenvalue weighted by atomic mass is 9.99. The van der Waals surface area contributed by atoms with Crippen molar-refractivity contribution in [2.75, 3.05) is 18.9 Å². The van der Waals surface area contributed by atoms with Crippen molar-refractivity contribution in [1.29, 1.82) is 0 Å². The zero-order valence-electron chi connectivity index (χ0n) is 17.6. The second-order valence-corrected chi connectivity index (χ2v) is 6.71. The number of aromatic nitrogens is 1. The number of halogens is 1. The smallest absolute Gasteiger partial charge is 0.221 e. The molecule has 2 rings (SSSR count). The summed E-state index contributed by atoms with van der Waals surface area (Å²) < 4.78 is 5.43. The van der Waals surface area contributed by atoms with E-state index in [9.17, 15) is 4.79 Å². The van der Waals surface area contributed by atoms with Gasteiger partial charge in [-0.1, -0.05) is 31.1 Å². The first-order chi connectivity index (χ1) is 13.5. The monoisotopic (exact) mass is 513 g/mol. The molecule has 1 aromatic carbocycles. The highest BCUT2D eigenvalue weighted by Crippen LogP contribution is 2.22. The number of nitrogens with zero attached hydrogens (tertiary/aromatic N) is 2. The average molecular weight is 513 g/mol. The van der Waals surface area contributed by atoms with Gasteiger partial charge in [0.25, 0.3) is 0 Å². The van der Waals surface area contributed by atoms with E-state index in [0.717, 1.165) is 48.9 Å². The van der Waals surface area contributed by atoms with Gasteiger partial charge in [0, 0.05) is 38.2 Å². The van der Waals surface area contributed by atoms with Gasteiger partial charge in [-0.05, 0) is 37.0 Å². The Kier molecular flexibility index (Phi) is 11.3. The molecular formula is C21H32IN5O2. The van der Waals surface area contributed by atoms with Gasteiger partial charge in [-0.3, -0.25) is 9.79 Å². The summed E-state index contributed by atoms with van der Waals surface area (Å²) in [5, 5.41) is 13.5. The zero-order chi connectivity index (χ0) is 20.4. The molecule has 7 nitrogen and oxygen atoms in total. The molecule has 0 fully saturated rings. The Bertz CT molecular complexity index is 770. The van der Waals surface area contributed by atoms with E-state index in [1.807, 2.05) is 30.3 Å². The van der Waals surface area contributed by atoms with E-state index in [1.54, 1.807) is 7.05 Å². The lowest BCUT2D eigenvalue weighted by molar-refractivity contribution is -0.114. The third kappa shape index (κ3) is 8.43. The highest BCUT2D eigenvalue weighted by molar-refractivity contribution is 14.0. The number of hydrogen-bond acceptors (Lipinski definition) is 4. The molecule has 0 saturated heterocycles. The molecule has 0 aliphatic heterocycles. The van der Waals surface area contributed by atoms with Gasteiger partial charge in [0.05, 0.1) is 12.2 Å². The summed E-state index contributed by atoms with van der Waals surface area (Å²) in [6, 6.07) is 9.86. The van der Waals surface area contributed by atoms with E-state index in [1.165, 1.54) is 12.5 Å². The molecule has 1 aromatic heterocycles. The molecule has 0 atom stereocenters. The molecule has 3 N–H and O–H groups in total. The summed E-state index contributed by atoms with van der Waals surface area (Å²) in [6.07, 6.45) is 2.97. The molecule has 0 spiro atoms. The summed E-state index contributed by atoms with van der Waals surface area (Å²) >= 11 is 0. The molecule has 1 amide bonds. The minimum atomic E-state index is -0.0666. The Morgan fingerprint density at radius 1 is 1.17 bits per heavy atom. The molecular weight excluding hydrogens is 481 g/mol. The van der Waals surface area contributed by atoms with Crippen molar-refractivity contribution in [3.05, 3.63) is 47.3 Å². The number of carbonyl (C=O) groups excluding carboxylic acids is 1. The molecule has 29 heavy (non-hydrogen) atoms. The quantitative estimate of drug-likeness (QED) is 0.267. The summed E-state index contributed by atoms with van der Waals surface area (Å²) in [5.74, 6) is 1.91. The molecule has 8 heteroatoms. The Hall–Kier alpha value is -2.10. The Morgan fingerprint density at radius 2 is 1.86 bits per heavy atom. The number of rotatable bonds is 9. The third-order valence-corrected chi connectivity index (χ3v) is 4.62. The van der Waals surface area contributed by atoms with Crippen molar-refractivity contribution in [3.8, 4) is 0 Å². The molecule has 0 unspecified atom stereocenters. The maximum atomic E-state index is 11.1. The maximum Gasteiger partial charge on any atom is 0.221 e. The van der Waals surface area contributed by atoms with Crippen molar-refractivity contribution in [2.24, 2.45) is 4.99 Å². The molecule has 0 aliphatic carbocycles. The second-order valence-electron chi connectivity index (χ2n) is 6.71. The summed E-state index contributed by atoms with van der Waals surface area (Å²) in [6.45, 7) is 7.12. The number of carbonyl (C=O) groups is 1. The van der Waals surface area contributed by atoms with Gasteiger partial charge in [-0.15, -0.1) is 24.0 Å². The van der Waals surface area contributed by atoms with Crippen molar-refractivity contribution in [3.63, 3.8) is 0 Å². The summed E-state index contributed by atoms with van der Waals surface area (Å²) in [7, 11) is 1.74. The van der Waals surface area contributed by atoms with E-state index in [-0.39, 0.29) is 29.9 Å². The van der Waals surface area contributed by atoms with Gasteiger partial charge in [-0.25, -0.2) is 0 Å². The van der Waals surface area contributed by atoms with Crippen LogP contribution in [0.1, 0.15) is 56.5 Å². The number of anilines is 1. The van der Waals surface area contributed by atoms with Gasteiger partial charge in [0.2, 0.25) is 5.91 Å². The first kappa shape index (κ1) is 24.9. The van der Waals surface area contributed by atoms with E-state index in [4.69, 9.17) is 4.52 Å². The fourth-order valence-corrected chi connectivity index (χ4v) is 2.99. The number of nitrogens with one attached hydrogen (secondary N) is 3. The Labute approximate surface area is 190 Å². The largest absolute Gasteiger partial charge is 0.359 e. The molecule has 0 aliphatic rings. The first-order valence-electron chi connectivity index (χ1n) is 9.82. The van der Waals surface area contributed by atoms with Crippen LogP contribution in [-0.2, 0) is 17.8 Å². The van der Waals surface area contributed by atoms with E-state index in [2.05, 4.69) is 39.9 Å². The van der Waals surface area contributed by atoms with Crippen LogP contribution >= 0.6 is 24.0 Å². The third-order valence-electron chi connectivity index (χ3n) is 4.62. The fraction of sp³-hybridized carbons (Fsp3) is 0.476. The summed E-state index contributed by atoms with van der Waals surface area (Å²) in [4.78, 5) is 15.3. The molecule has 0 bridgehead atoms. The van der Waals surface area contributed by atoms with Crippen molar-refractivity contribution >= 4 is 41.5 Å². The van der Waals surface area contributed by atoms with Crippen LogP contribution < -0.4 is 16.0 Å². The maximum absolute atomic E-state index is 11.1. The lowest BCUT2D eigenvalue weighted by Gasteiger charge is -2.11. The van der Waals surface area contributed by atoms with Crippen molar-refractivity contribution < 1.29 is 9.32 Å². The van der Waals surface area contributed by atoms with Crippen LogP contribution in [0.3, 0.4) is 0 Å².